The van der Waals surface area contributed by atoms with E-state index in [2.05, 4.69) is 27.3 Å². The van der Waals surface area contributed by atoms with Crippen LogP contribution in [0.5, 0.6) is 11.5 Å². The highest BCUT2D eigenvalue weighted by atomic mass is 32.2. The third-order valence-electron chi connectivity index (χ3n) is 4.58. The van der Waals surface area contributed by atoms with E-state index in [9.17, 15) is 0 Å². The molecular formula is C21H18N4O2S2. The number of thioether (sulfide) groups is 1. The van der Waals surface area contributed by atoms with Crippen LogP contribution < -0.4 is 9.47 Å². The molecule has 3 heterocycles. The molecule has 5 rings (SSSR count). The van der Waals surface area contributed by atoms with E-state index in [-0.39, 0.29) is 6.10 Å². The van der Waals surface area contributed by atoms with Crippen LogP contribution >= 0.6 is 23.1 Å². The van der Waals surface area contributed by atoms with E-state index in [1.165, 1.54) is 4.88 Å². The maximum absolute atomic E-state index is 6.06. The van der Waals surface area contributed by atoms with Gasteiger partial charge in [0.2, 0.25) is 0 Å². The molecule has 2 aromatic carbocycles. The number of thiazole rings is 1. The summed E-state index contributed by atoms with van der Waals surface area (Å²) in [5.74, 6) is 3.05. The molecule has 0 spiro atoms. The first-order valence-electron chi connectivity index (χ1n) is 9.18. The lowest BCUT2D eigenvalue weighted by Crippen LogP contribution is -2.24. The molecule has 0 aliphatic carbocycles. The summed E-state index contributed by atoms with van der Waals surface area (Å²) in [7, 11) is 1.96. The Morgan fingerprint density at radius 3 is 2.72 bits per heavy atom. The normalized spacial score (nSPS) is 15.4. The highest BCUT2D eigenvalue weighted by Crippen LogP contribution is 2.36. The van der Waals surface area contributed by atoms with Crippen LogP contribution in [0.3, 0.4) is 0 Å². The van der Waals surface area contributed by atoms with E-state index in [0.717, 1.165) is 38.8 Å². The van der Waals surface area contributed by atoms with Gasteiger partial charge >= 0.3 is 0 Å². The molecule has 4 aromatic rings. The van der Waals surface area contributed by atoms with Crippen LogP contribution in [-0.4, -0.2) is 26.4 Å². The van der Waals surface area contributed by atoms with Gasteiger partial charge in [0.15, 0.2) is 28.6 Å². The van der Waals surface area contributed by atoms with Crippen molar-refractivity contribution in [3.8, 4) is 22.1 Å². The van der Waals surface area contributed by atoms with Crippen LogP contribution in [0.15, 0.2) is 66.0 Å². The highest BCUT2D eigenvalue weighted by Gasteiger charge is 2.27. The summed E-state index contributed by atoms with van der Waals surface area (Å²) in [4.78, 5) is 5.75. The zero-order chi connectivity index (χ0) is 19.6. The standard InChI is InChI=1S/C21H18N4O2S2/c1-25-19(18-12-26-16-9-5-6-10-17(16)27-18)23-24-21(25)28-13-15-11-22-20(29-15)14-7-3-2-4-8-14/h2-11,18H,12-13H2,1H3/t18-/m0/s1. The van der Waals surface area contributed by atoms with E-state index in [1.54, 1.807) is 23.1 Å². The largest absolute Gasteiger partial charge is 0.485 e. The van der Waals surface area contributed by atoms with Gasteiger partial charge in [0.25, 0.3) is 0 Å². The Morgan fingerprint density at radius 2 is 1.86 bits per heavy atom. The molecule has 8 heteroatoms. The molecule has 1 atom stereocenters. The lowest BCUT2D eigenvalue weighted by Gasteiger charge is -2.25. The van der Waals surface area contributed by atoms with Gasteiger partial charge in [0.05, 0.1) is 0 Å². The fourth-order valence-corrected chi connectivity index (χ4v) is 4.96. The molecule has 0 fully saturated rings. The third-order valence-corrected chi connectivity index (χ3v) is 6.88. The summed E-state index contributed by atoms with van der Waals surface area (Å²) in [6, 6.07) is 17.9. The van der Waals surface area contributed by atoms with Crippen molar-refractivity contribution in [1.29, 1.82) is 0 Å². The summed E-state index contributed by atoms with van der Waals surface area (Å²) < 4.78 is 13.8. The van der Waals surface area contributed by atoms with Gasteiger partial charge in [0.1, 0.15) is 11.6 Å². The van der Waals surface area contributed by atoms with E-state index in [0.29, 0.717) is 6.61 Å². The SMILES string of the molecule is Cn1c(SCc2cnc(-c3ccccc3)s2)nnc1[C@@H]1COc2ccccc2O1. The van der Waals surface area contributed by atoms with Gasteiger partial charge in [-0.15, -0.1) is 21.5 Å². The van der Waals surface area contributed by atoms with Crippen molar-refractivity contribution in [2.75, 3.05) is 6.61 Å². The molecular weight excluding hydrogens is 404 g/mol. The summed E-state index contributed by atoms with van der Waals surface area (Å²) in [6.07, 6.45) is 1.66. The molecule has 0 unspecified atom stereocenters. The van der Waals surface area contributed by atoms with Crippen molar-refractivity contribution < 1.29 is 9.47 Å². The Bertz CT molecular complexity index is 1130. The Morgan fingerprint density at radius 1 is 1.07 bits per heavy atom. The average molecular weight is 423 g/mol. The third kappa shape index (κ3) is 3.73. The molecule has 29 heavy (non-hydrogen) atoms. The summed E-state index contributed by atoms with van der Waals surface area (Å²) in [5, 5.41) is 10.6. The first kappa shape index (κ1) is 18.2. The molecule has 0 bridgehead atoms. The molecule has 0 saturated heterocycles. The second-order valence-electron chi connectivity index (χ2n) is 6.55. The van der Waals surface area contributed by atoms with Crippen molar-refractivity contribution in [2.24, 2.45) is 7.05 Å². The maximum Gasteiger partial charge on any atom is 0.192 e. The monoisotopic (exact) mass is 422 g/mol. The fourth-order valence-electron chi connectivity index (χ4n) is 3.10. The number of para-hydroxylation sites is 2. The molecule has 0 saturated carbocycles. The Balaban J connectivity index is 1.27. The molecule has 1 aliphatic heterocycles. The van der Waals surface area contributed by atoms with Crippen LogP contribution in [0.2, 0.25) is 0 Å². The topological polar surface area (TPSA) is 62.1 Å². The van der Waals surface area contributed by atoms with Crippen molar-refractivity contribution in [3.63, 3.8) is 0 Å². The minimum absolute atomic E-state index is 0.273. The van der Waals surface area contributed by atoms with E-state index in [1.807, 2.05) is 60.3 Å². The van der Waals surface area contributed by atoms with Crippen molar-refractivity contribution in [2.45, 2.75) is 17.0 Å². The number of hydrogen-bond donors (Lipinski definition) is 0. The Hall–Kier alpha value is -2.84. The van der Waals surface area contributed by atoms with Crippen LogP contribution in [0.25, 0.3) is 10.6 Å². The fraction of sp³-hybridized carbons (Fsp3) is 0.190. The van der Waals surface area contributed by atoms with Gasteiger partial charge in [-0.25, -0.2) is 4.98 Å². The lowest BCUT2D eigenvalue weighted by atomic mass is 10.2. The molecule has 0 N–H and O–H groups in total. The van der Waals surface area contributed by atoms with Gasteiger partial charge in [-0.1, -0.05) is 54.2 Å². The van der Waals surface area contributed by atoms with Gasteiger partial charge < -0.3 is 14.0 Å². The number of nitrogens with zero attached hydrogens (tertiary/aromatic N) is 4. The zero-order valence-corrected chi connectivity index (χ0v) is 17.3. The maximum atomic E-state index is 6.06. The van der Waals surface area contributed by atoms with Crippen molar-refractivity contribution in [3.05, 3.63) is 71.5 Å². The molecule has 0 amide bonds. The van der Waals surface area contributed by atoms with Crippen LogP contribution in [0.4, 0.5) is 0 Å². The number of rotatable bonds is 5. The van der Waals surface area contributed by atoms with Gasteiger partial charge in [-0.2, -0.15) is 0 Å². The summed E-state index contributed by atoms with van der Waals surface area (Å²) in [6.45, 7) is 0.420. The first-order chi connectivity index (χ1) is 14.3. The number of hydrogen-bond acceptors (Lipinski definition) is 7. The van der Waals surface area contributed by atoms with E-state index < -0.39 is 0 Å². The number of fused-ring (bicyclic) bond motifs is 1. The van der Waals surface area contributed by atoms with Crippen molar-refractivity contribution >= 4 is 23.1 Å². The second kappa shape index (κ2) is 7.88. The molecule has 1 aliphatic rings. The predicted molar refractivity (Wildman–Crippen MR) is 113 cm³/mol. The van der Waals surface area contributed by atoms with Crippen molar-refractivity contribution in [1.82, 2.24) is 19.7 Å². The number of ether oxygens (including phenoxy) is 2. The van der Waals surface area contributed by atoms with Crippen LogP contribution in [-0.2, 0) is 12.8 Å². The number of benzene rings is 2. The minimum atomic E-state index is -0.273. The smallest absolute Gasteiger partial charge is 0.192 e. The molecule has 146 valence electrons. The predicted octanol–water partition coefficient (Wildman–Crippen LogP) is 4.74. The van der Waals surface area contributed by atoms with E-state index >= 15 is 0 Å². The van der Waals surface area contributed by atoms with Gasteiger partial charge in [0, 0.05) is 29.4 Å². The quantitative estimate of drug-likeness (QED) is 0.433. The van der Waals surface area contributed by atoms with Crippen LogP contribution in [0.1, 0.15) is 16.8 Å². The van der Waals surface area contributed by atoms with Crippen LogP contribution in [0, 0.1) is 0 Å². The first-order valence-corrected chi connectivity index (χ1v) is 11.0. The molecule has 2 aromatic heterocycles. The Labute approximate surface area is 176 Å². The second-order valence-corrected chi connectivity index (χ2v) is 8.61. The summed E-state index contributed by atoms with van der Waals surface area (Å²) in [5.41, 5.74) is 1.14. The minimum Gasteiger partial charge on any atom is -0.485 e. The summed E-state index contributed by atoms with van der Waals surface area (Å²) >= 11 is 3.35. The number of aromatic nitrogens is 4. The Kier molecular flexibility index (Phi) is 4.95. The molecule has 0 radical (unpaired) electrons. The van der Waals surface area contributed by atoms with Gasteiger partial charge in [-0.05, 0) is 12.1 Å². The zero-order valence-electron chi connectivity index (χ0n) is 15.7. The highest BCUT2D eigenvalue weighted by molar-refractivity contribution is 7.98. The lowest BCUT2D eigenvalue weighted by molar-refractivity contribution is 0.0825. The van der Waals surface area contributed by atoms with Gasteiger partial charge in [-0.3, -0.25) is 0 Å². The van der Waals surface area contributed by atoms with E-state index in [4.69, 9.17) is 9.47 Å². The average Bonchev–Trinajstić information content (AvgIpc) is 3.39. The molecule has 6 nitrogen and oxygen atoms in total.